The molecule has 0 unspecified atom stereocenters. The van der Waals surface area contributed by atoms with Crippen molar-refractivity contribution in [2.45, 2.75) is 23.8 Å². The van der Waals surface area contributed by atoms with Gasteiger partial charge in [-0.05, 0) is 43.7 Å². The molecule has 0 aliphatic heterocycles. The summed E-state index contributed by atoms with van der Waals surface area (Å²) in [6, 6.07) is 7.34. The molecule has 0 spiro atoms. The summed E-state index contributed by atoms with van der Waals surface area (Å²) in [5.41, 5.74) is 7.92. The number of nitrogens with two attached hydrogens (primary N) is 1. The van der Waals surface area contributed by atoms with Crippen LogP contribution < -0.4 is 5.73 Å². The van der Waals surface area contributed by atoms with E-state index in [4.69, 9.17) is 22.5 Å². The second kappa shape index (κ2) is 6.11. The van der Waals surface area contributed by atoms with Crippen LogP contribution in [-0.2, 0) is 0 Å². The van der Waals surface area contributed by atoms with E-state index in [9.17, 15) is 0 Å². The van der Waals surface area contributed by atoms with Crippen molar-refractivity contribution in [3.05, 3.63) is 46.1 Å². The van der Waals surface area contributed by atoms with Crippen LogP contribution in [0, 0.1) is 13.8 Å². The van der Waals surface area contributed by atoms with Crippen LogP contribution in [0.1, 0.15) is 16.8 Å². The summed E-state index contributed by atoms with van der Waals surface area (Å²) in [6.07, 6.45) is 0. The van der Waals surface area contributed by atoms with Crippen molar-refractivity contribution in [1.82, 2.24) is 10.2 Å². The minimum Gasteiger partial charge on any atom is -0.409 e. The van der Waals surface area contributed by atoms with Crippen molar-refractivity contribution >= 4 is 29.2 Å². The molecule has 0 fully saturated rings. The lowest BCUT2D eigenvalue weighted by atomic mass is 10.1. The molecule has 0 radical (unpaired) electrons. The van der Waals surface area contributed by atoms with Crippen LogP contribution in [0.25, 0.3) is 0 Å². The molecule has 0 atom stereocenters. The van der Waals surface area contributed by atoms with Crippen LogP contribution in [0.15, 0.2) is 39.3 Å². The molecule has 0 aliphatic carbocycles. The maximum Gasteiger partial charge on any atom is 0.173 e. The van der Waals surface area contributed by atoms with Crippen LogP contribution in [0.5, 0.6) is 0 Å². The molecule has 0 amide bonds. The van der Waals surface area contributed by atoms with Gasteiger partial charge in [-0.15, -0.1) is 5.10 Å². The first kappa shape index (κ1) is 14.6. The Kier molecular flexibility index (Phi) is 4.46. The lowest BCUT2D eigenvalue weighted by Crippen LogP contribution is -2.18. The molecule has 0 saturated heterocycles. The van der Waals surface area contributed by atoms with Crippen molar-refractivity contribution in [3.8, 4) is 0 Å². The predicted octanol–water partition coefficient (Wildman–Crippen LogP) is 2.99. The predicted molar refractivity (Wildman–Crippen MR) is 79.6 cm³/mol. The van der Waals surface area contributed by atoms with Crippen LogP contribution in [0.2, 0.25) is 5.02 Å². The Hall–Kier alpha value is -1.79. The molecular weight excluding hydrogens is 296 g/mol. The standard InChI is InChI=1S/C13H13ClN4OS/c1-7-8(2)16-17-13(11(7)12(15)18-19)20-10-5-3-9(14)4-6-10/h3-6,19H,1-2H3,(H2,15,18). The number of aromatic nitrogens is 2. The van der Waals surface area contributed by atoms with Crippen molar-refractivity contribution in [2.24, 2.45) is 10.9 Å². The van der Waals surface area contributed by atoms with E-state index in [1.807, 2.05) is 26.0 Å². The normalized spacial score (nSPS) is 11.7. The van der Waals surface area contributed by atoms with Gasteiger partial charge in [0.2, 0.25) is 0 Å². The molecule has 3 N–H and O–H groups in total. The largest absolute Gasteiger partial charge is 0.409 e. The van der Waals surface area contributed by atoms with E-state index in [1.54, 1.807) is 12.1 Å². The SMILES string of the molecule is Cc1nnc(Sc2ccc(Cl)cc2)c(/C(N)=N/O)c1C. The highest BCUT2D eigenvalue weighted by atomic mass is 35.5. The third kappa shape index (κ3) is 3.02. The van der Waals surface area contributed by atoms with Crippen molar-refractivity contribution in [3.63, 3.8) is 0 Å². The lowest BCUT2D eigenvalue weighted by Gasteiger charge is -2.11. The fraction of sp³-hybridized carbons (Fsp3) is 0.154. The van der Waals surface area contributed by atoms with Crippen LogP contribution in [0.3, 0.4) is 0 Å². The summed E-state index contributed by atoms with van der Waals surface area (Å²) in [4.78, 5) is 0.943. The summed E-state index contributed by atoms with van der Waals surface area (Å²) >= 11 is 7.24. The van der Waals surface area contributed by atoms with E-state index in [2.05, 4.69) is 15.4 Å². The molecule has 0 bridgehead atoms. The van der Waals surface area contributed by atoms with Crippen LogP contribution in [-0.4, -0.2) is 21.2 Å². The van der Waals surface area contributed by atoms with Gasteiger partial charge in [0, 0.05) is 9.92 Å². The Morgan fingerprint density at radius 2 is 1.90 bits per heavy atom. The van der Waals surface area contributed by atoms with Gasteiger partial charge in [-0.2, -0.15) is 5.10 Å². The minimum atomic E-state index is 0.0250. The molecule has 1 aromatic heterocycles. The highest BCUT2D eigenvalue weighted by Crippen LogP contribution is 2.31. The third-order valence-corrected chi connectivity index (χ3v) is 4.05. The van der Waals surface area contributed by atoms with Gasteiger partial charge in [-0.3, -0.25) is 0 Å². The molecule has 104 valence electrons. The molecular formula is C13H13ClN4OS. The lowest BCUT2D eigenvalue weighted by molar-refractivity contribution is 0.318. The highest BCUT2D eigenvalue weighted by Gasteiger charge is 2.16. The van der Waals surface area contributed by atoms with Gasteiger partial charge in [-0.25, -0.2) is 0 Å². The van der Waals surface area contributed by atoms with E-state index in [-0.39, 0.29) is 5.84 Å². The van der Waals surface area contributed by atoms with E-state index < -0.39 is 0 Å². The number of rotatable bonds is 3. The van der Waals surface area contributed by atoms with Gasteiger partial charge in [0.05, 0.1) is 11.3 Å². The Morgan fingerprint density at radius 3 is 2.50 bits per heavy atom. The van der Waals surface area contributed by atoms with E-state index >= 15 is 0 Å². The van der Waals surface area contributed by atoms with Gasteiger partial charge < -0.3 is 10.9 Å². The number of aryl methyl sites for hydroxylation is 1. The Labute approximate surface area is 125 Å². The van der Waals surface area contributed by atoms with E-state index in [0.29, 0.717) is 15.6 Å². The first-order valence-corrected chi connectivity index (χ1v) is 6.97. The van der Waals surface area contributed by atoms with Crippen molar-refractivity contribution in [1.29, 1.82) is 0 Å². The first-order valence-electron chi connectivity index (χ1n) is 5.78. The zero-order valence-corrected chi connectivity index (χ0v) is 12.5. The highest BCUT2D eigenvalue weighted by molar-refractivity contribution is 7.99. The molecule has 2 aromatic rings. The second-order valence-corrected chi connectivity index (χ2v) is 5.63. The summed E-state index contributed by atoms with van der Waals surface area (Å²) < 4.78 is 0. The third-order valence-electron chi connectivity index (χ3n) is 2.81. The smallest absolute Gasteiger partial charge is 0.173 e. The first-order chi connectivity index (χ1) is 9.52. The summed E-state index contributed by atoms with van der Waals surface area (Å²) in [5.74, 6) is 0.0250. The van der Waals surface area contributed by atoms with Gasteiger partial charge in [0.15, 0.2) is 5.84 Å². The molecule has 1 aromatic carbocycles. The Bertz CT molecular complexity index is 658. The maximum absolute atomic E-state index is 8.92. The summed E-state index contributed by atoms with van der Waals surface area (Å²) in [7, 11) is 0. The zero-order valence-electron chi connectivity index (χ0n) is 11.0. The van der Waals surface area contributed by atoms with Crippen molar-refractivity contribution in [2.75, 3.05) is 0 Å². The number of hydrogen-bond acceptors (Lipinski definition) is 5. The van der Waals surface area contributed by atoms with Gasteiger partial charge in [0.25, 0.3) is 0 Å². The van der Waals surface area contributed by atoms with Gasteiger partial charge in [-0.1, -0.05) is 28.5 Å². The van der Waals surface area contributed by atoms with Gasteiger partial charge >= 0.3 is 0 Å². The number of halogens is 1. The fourth-order valence-electron chi connectivity index (χ4n) is 1.62. The van der Waals surface area contributed by atoms with Crippen molar-refractivity contribution < 1.29 is 5.21 Å². The van der Waals surface area contributed by atoms with E-state index in [1.165, 1.54) is 11.8 Å². The Morgan fingerprint density at radius 1 is 1.25 bits per heavy atom. The summed E-state index contributed by atoms with van der Waals surface area (Å²) in [6.45, 7) is 3.69. The zero-order chi connectivity index (χ0) is 14.7. The molecule has 5 nitrogen and oxygen atoms in total. The number of hydrogen-bond donors (Lipinski definition) is 2. The molecule has 20 heavy (non-hydrogen) atoms. The monoisotopic (exact) mass is 308 g/mol. The molecule has 0 aliphatic rings. The second-order valence-electron chi connectivity index (χ2n) is 4.13. The minimum absolute atomic E-state index is 0.0250. The molecule has 1 heterocycles. The number of nitrogens with zero attached hydrogens (tertiary/aromatic N) is 3. The molecule has 0 saturated carbocycles. The topological polar surface area (TPSA) is 84.4 Å². The fourth-order valence-corrected chi connectivity index (χ4v) is 2.69. The molecule has 7 heteroatoms. The maximum atomic E-state index is 8.92. The van der Waals surface area contributed by atoms with E-state index in [0.717, 1.165) is 16.2 Å². The van der Waals surface area contributed by atoms with Crippen LogP contribution >= 0.6 is 23.4 Å². The number of benzene rings is 1. The quantitative estimate of drug-likeness (QED) is 0.394. The summed E-state index contributed by atoms with van der Waals surface area (Å²) in [5, 5.41) is 21.5. The molecule has 2 rings (SSSR count). The number of amidine groups is 1. The number of oxime groups is 1. The van der Waals surface area contributed by atoms with Crippen LogP contribution in [0.4, 0.5) is 0 Å². The van der Waals surface area contributed by atoms with Gasteiger partial charge in [0.1, 0.15) is 5.03 Å². The average molecular weight is 309 g/mol. The average Bonchev–Trinajstić information content (AvgIpc) is 2.45. The Balaban J connectivity index is 2.46.